The number of methoxy groups -OCH3 is 1. The van der Waals surface area contributed by atoms with Crippen molar-refractivity contribution < 1.29 is 9.53 Å². The minimum atomic E-state index is -0.213. The van der Waals surface area contributed by atoms with E-state index in [1.54, 1.807) is 18.0 Å². The summed E-state index contributed by atoms with van der Waals surface area (Å²) in [7, 11) is 1.62. The lowest BCUT2D eigenvalue weighted by molar-refractivity contribution is -0.121. The van der Waals surface area contributed by atoms with Gasteiger partial charge in [0.05, 0.1) is 12.3 Å². The predicted molar refractivity (Wildman–Crippen MR) is 85.8 cm³/mol. The first-order valence-corrected chi connectivity index (χ1v) is 7.50. The van der Waals surface area contributed by atoms with Crippen LogP contribution >= 0.6 is 11.6 Å². The molecule has 0 radical (unpaired) electrons. The molecule has 0 unspecified atom stereocenters. The molecular formula is C16H20ClN3O2. The van der Waals surface area contributed by atoms with Crippen molar-refractivity contribution in [2.75, 3.05) is 13.7 Å². The van der Waals surface area contributed by atoms with Crippen molar-refractivity contribution in [3.8, 4) is 0 Å². The summed E-state index contributed by atoms with van der Waals surface area (Å²) < 4.78 is 7.18. The number of hydrogen-bond acceptors (Lipinski definition) is 3. The molecule has 118 valence electrons. The predicted octanol–water partition coefficient (Wildman–Crippen LogP) is 2.74. The molecule has 0 saturated heterocycles. The Balaban J connectivity index is 1.81. The molecule has 1 atom stereocenters. The first kappa shape index (κ1) is 16.5. The molecule has 2 rings (SSSR count). The molecule has 0 spiro atoms. The highest BCUT2D eigenvalue weighted by Crippen LogP contribution is 2.19. The maximum absolute atomic E-state index is 11.9. The van der Waals surface area contributed by atoms with Crippen LogP contribution in [0.5, 0.6) is 0 Å². The number of benzene rings is 1. The fourth-order valence-corrected chi connectivity index (χ4v) is 2.34. The first-order valence-electron chi connectivity index (χ1n) is 7.12. The van der Waals surface area contributed by atoms with Gasteiger partial charge in [-0.15, -0.1) is 0 Å². The Morgan fingerprint density at radius 1 is 1.50 bits per heavy atom. The van der Waals surface area contributed by atoms with E-state index in [2.05, 4.69) is 10.4 Å². The van der Waals surface area contributed by atoms with Gasteiger partial charge in [0.1, 0.15) is 0 Å². The van der Waals surface area contributed by atoms with E-state index >= 15 is 0 Å². The zero-order chi connectivity index (χ0) is 15.9. The largest absolute Gasteiger partial charge is 0.375 e. The number of carbonyl (C=O) groups excluding carboxylic acids is 1. The SMILES string of the molecule is CO[C@@H](CNC(=O)CCn1cc(C)cn1)c1cccc(Cl)c1. The Morgan fingerprint density at radius 3 is 2.95 bits per heavy atom. The second-order valence-corrected chi connectivity index (χ2v) is 5.55. The van der Waals surface area contributed by atoms with Gasteiger partial charge in [-0.2, -0.15) is 5.10 Å². The van der Waals surface area contributed by atoms with Crippen LogP contribution in [0, 0.1) is 6.92 Å². The number of ether oxygens (including phenoxy) is 1. The van der Waals surface area contributed by atoms with Gasteiger partial charge < -0.3 is 10.1 Å². The van der Waals surface area contributed by atoms with Crippen molar-refractivity contribution in [3.05, 3.63) is 52.8 Å². The molecule has 5 nitrogen and oxygen atoms in total. The van der Waals surface area contributed by atoms with Gasteiger partial charge in [0.2, 0.25) is 5.91 Å². The van der Waals surface area contributed by atoms with Gasteiger partial charge in [0.25, 0.3) is 0 Å². The number of aromatic nitrogens is 2. The fourth-order valence-electron chi connectivity index (χ4n) is 2.14. The molecule has 2 aromatic rings. The molecule has 0 aliphatic heterocycles. The number of rotatable bonds is 7. The summed E-state index contributed by atoms with van der Waals surface area (Å²) in [6, 6.07) is 7.45. The lowest BCUT2D eigenvalue weighted by Crippen LogP contribution is -2.29. The van der Waals surface area contributed by atoms with E-state index in [1.165, 1.54) is 0 Å². The summed E-state index contributed by atoms with van der Waals surface area (Å²) >= 11 is 5.98. The van der Waals surface area contributed by atoms with Gasteiger partial charge in [-0.1, -0.05) is 23.7 Å². The van der Waals surface area contributed by atoms with Crippen LogP contribution in [0.1, 0.15) is 23.7 Å². The molecule has 0 aliphatic rings. The summed E-state index contributed by atoms with van der Waals surface area (Å²) in [5.41, 5.74) is 2.03. The standard InChI is InChI=1S/C16H20ClN3O2/c1-12-9-19-20(11-12)7-6-16(21)18-10-15(22-2)13-4-3-5-14(17)8-13/h3-5,8-9,11,15H,6-7,10H2,1-2H3,(H,18,21)/t15-/m0/s1. The van der Waals surface area contributed by atoms with Crippen LogP contribution in [-0.2, 0) is 16.1 Å². The second kappa shape index (κ2) is 7.96. The molecule has 1 aromatic carbocycles. The Hall–Kier alpha value is -1.85. The zero-order valence-electron chi connectivity index (χ0n) is 12.8. The summed E-state index contributed by atoms with van der Waals surface area (Å²) in [6.45, 7) is 2.94. The summed E-state index contributed by atoms with van der Waals surface area (Å²) in [4.78, 5) is 11.9. The Labute approximate surface area is 135 Å². The van der Waals surface area contributed by atoms with Gasteiger partial charge in [-0.25, -0.2) is 0 Å². The highest BCUT2D eigenvalue weighted by molar-refractivity contribution is 6.30. The molecule has 6 heteroatoms. The van der Waals surface area contributed by atoms with Crippen LogP contribution in [0.2, 0.25) is 5.02 Å². The van der Waals surface area contributed by atoms with E-state index in [-0.39, 0.29) is 12.0 Å². The van der Waals surface area contributed by atoms with Gasteiger partial charge in [0, 0.05) is 37.8 Å². The average molecular weight is 322 g/mol. The van der Waals surface area contributed by atoms with Crippen LogP contribution in [0.3, 0.4) is 0 Å². The Bertz CT molecular complexity index is 627. The lowest BCUT2D eigenvalue weighted by Gasteiger charge is -2.16. The van der Waals surface area contributed by atoms with E-state index in [4.69, 9.17) is 16.3 Å². The Morgan fingerprint density at radius 2 is 2.32 bits per heavy atom. The molecule has 0 saturated carbocycles. The number of nitrogens with zero attached hydrogens (tertiary/aromatic N) is 2. The maximum atomic E-state index is 11.9. The highest BCUT2D eigenvalue weighted by Gasteiger charge is 2.12. The van der Waals surface area contributed by atoms with Crippen LogP contribution in [0.4, 0.5) is 0 Å². The molecule has 0 fully saturated rings. The van der Waals surface area contributed by atoms with Crippen molar-refractivity contribution in [1.29, 1.82) is 0 Å². The van der Waals surface area contributed by atoms with Crippen LogP contribution in [-0.4, -0.2) is 29.3 Å². The van der Waals surface area contributed by atoms with Gasteiger partial charge in [0.15, 0.2) is 0 Å². The normalized spacial score (nSPS) is 12.1. The van der Waals surface area contributed by atoms with Crippen LogP contribution < -0.4 is 5.32 Å². The van der Waals surface area contributed by atoms with Gasteiger partial charge >= 0.3 is 0 Å². The van der Waals surface area contributed by atoms with Crippen molar-refractivity contribution in [2.24, 2.45) is 0 Å². The van der Waals surface area contributed by atoms with E-state index in [9.17, 15) is 4.79 Å². The van der Waals surface area contributed by atoms with Gasteiger partial charge in [-0.05, 0) is 30.2 Å². The first-order chi connectivity index (χ1) is 10.6. The number of aryl methyl sites for hydroxylation is 2. The molecule has 22 heavy (non-hydrogen) atoms. The number of carbonyl (C=O) groups is 1. The Kier molecular flexibility index (Phi) is 5.98. The number of halogens is 1. The third kappa shape index (κ3) is 4.86. The third-order valence-electron chi connectivity index (χ3n) is 3.32. The lowest BCUT2D eigenvalue weighted by atomic mass is 10.1. The summed E-state index contributed by atoms with van der Waals surface area (Å²) in [5, 5.41) is 7.69. The smallest absolute Gasteiger partial charge is 0.221 e. The molecule has 1 N–H and O–H groups in total. The van der Waals surface area contributed by atoms with E-state index < -0.39 is 0 Å². The number of hydrogen-bond donors (Lipinski definition) is 1. The van der Waals surface area contributed by atoms with Crippen molar-refractivity contribution >= 4 is 17.5 Å². The maximum Gasteiger partial charge on any atom is 0.221 e. The third-order valence-corrected chi connectivity index (χ3v) is 3.56. The minimum absolute atomic E-state index is 0.0303. The molecular weight excluding hydrogens is 302 g/mol. The van der Waals surface area contributed by atoms with Crippen molar-refractivity contribution in [3.63, 3.8) is 0 Å². The number of nitrogens with one attached hydrogen (secondary N) is 1. The average Bonchev–Trinajstić information content (AvgIpc) is 2.91. The molecule has 0 aliphatic carbocycles. The van der Waals surface area contributed by atoms with Gasteiger partial charge in [-0.3, -0.25) is 9.48 Å². The fraction of sp³-hybridized carbons (Fsp3) is 0.375. The second-order valence-electron chi connectivity index (χ2n) is 5.11. The molecule has 1 heterocycles. The van der Waals surface area contributed by atoms with Crippen molar-refractivity contribution in [2.45, 2.75) is 26.0 Å². The number of amides is 1. The van der Waals surface area contributed by atoms with E-state index in [0.29, 0.717) is 24.5 Å². The topological polar surface area (TPSA) is 56.1 Å². The van der Waals surface area contributed by atoms with Crippen molar-refractivity contribution in [1.82, 2.24) is 15.1 Å². The van der Waals surface area contributed by atoms with E-state index in [1.807, 2.05) is 37.4 Å². The molecule has 1 amide bonds. The zero-order valence-corrected chi connectivity index (χ0v) is 13.5. The minimum Gasteiger partial charge on any atom is -0.375 e. The van der Waals surface area contributed by atoms with Crippen LogP contribution in [0.25, 0.3) is 0 Å². The quantitative estimate of drug-likeness (QED) is 0.853. The van der Waals surface area contributed by atoms with Crippen LogP contribution in [0.15, 0.2) is 36.7 Å². The molecule has 0 bridgehead atoms. The summed E-state index contributed by atoms with van der Waals surface area (Å²) in [5.74, 6) is -0.0303. The highest BCUT2D eigenvalue weighted by atomic mass is 35.5. The van der Waals surface area contributed by atoms with E-state index in [0.717, 1.165) is 11.1 Å². The molecule has 1 aromatic heterocycles. The summed E-state index contributed by atoms with van der Waals surface area (Å²) in [6.07, 6.45) is 3.86. The monoisotopic (exact) mass is 321 g/mol.